The topological polar surface area (TPSA) is 67.6 Å². The summed E-state index contributed by atoms with van der Waals surface area (Å²) in [5.74, 6) is 0.828. The van der Waals surface area contributed by atoms with Crippen LogP contribution in [0.5, 0.6) is 5.75 Å². The second kappa shape index (κ2) is 6.72. The number of benzene rings is 1. The van der Waals surface area contributed by atoms with Gasteiger partial charge in [-0.05, 0) is 12.5 Å². The van der Waals surface area contributed by atoms with Crippen LogP contribution in [0.4, 0.5) is 0 Å². The third kappa shape index (κ3) is 2.94. The Hall–Kier alpha value is -1.59. The van der Waals surface area contributed by atoms with Gasteiger partial charge in [0.2, 0.25) is 5.91 Å². The number of nitrogens with one attached hydrogen (secondary N) is 1. The Morgan fingerprint density at radius 3 is 3.00 bits per heavy atom. The smallest absolute Gasteiger partial charge is 0.240 e. The van der Waals surface area contributed by atoms with Crippen LogP contribution in [0.25, 0.3) is 0 Å². The number of rotatable bonds is 4. The van der Waals surface area contributed by atoms with Crippen LogP contribution < -0.4 is 15.8 Å². The van der Waals surface area contributed by atoms with E-state index >= 15 is 0 Å². The van der Waals surface area contributed by atoms with Crippen molar-refractivity contribution in [3.05, 3.63) is 29.8 Å². The van der Waals surface area contributed by atoms with Gasteiger partial charge in [0, 0.05) is 25.2 Å². The number of para-hydroxylation sites is 1. The molecule has 5 nitrogen and oxygen atoms in total. The van der Waals surface area contributed by atoms with Gasteiger partial charge in [0.05, 0.1) is 19.2 Å². The number of carbonyl (C=O) groups is 1. The van der Waals surface area contributed by atoms with Gasteiger partial charge in [0.15, 0.2) is 0 Å². The number of carbonyl (C=O) groups excluding carboxylic acids is 1. The molecule has 1 aliphatic rings. The molecular weight excluding hydrogens is 254 g/mol. The zero-order chi connectivity index (χ0) is 14.5. The second-order valence-electron chi connectivity index (χ2n) is 5.01. The molecule has 1 saturated heterocycles. The molecule has 5 heteroatoms. The molecule has 1 fully saturated rings. The lowest BCUT2D eigenvalue weighted by Crippen LogP contribution is -2.53. The summed E-state index contributed by atoms with van der Waals surface area (Å²) in [6.45, 7) is 4.13. The standard InChI is InChI=1S/C15H23N3O2/c1-3-12(16)15(19)18-9-8-17-10-13(18)11-6-4-5-7-14(11)20-2/h4-7,12-13,17H,3,8-10,16H2,1-2H3/t12-,13?/m0/s1. The lowest BCUT2D eigenvalue weighted by Gasteiger charge is -2.38. The molecule has 2 atom stereocenters. The minimum Gasteiger partial charge on any atom is -0.496 e. The van der Waals surface area contributed by atoms with E-state index in [1.54, 1.807) is 7.11 Å². The molecule has 1 heterocycles. The fraction of sp³-hybridized carbons (Fsp3) is 0.533. The fourth-order valence-corrected chi connectivity index (χ4v) is 2.58. The van der Waals surface area contributed by atoms with E-state index in [4.69, 9.17) is 10.5 Å². The number of nitrogens with two attached hydrogens (primary N) is 1. The van der Waals surface area contributed by atoms with Crippen LogP contribution in [0.1, 0.15) is 24.9 Å². The lowest BCUT2D eigenvalue weighted by atomic mass is 10.0. The van der Waals surface area contributed by atoms with Crippen molar-refractivity contribution in [3.63, 3.8) is 0 Å². The summed E-state index contributed by atoms with van der Waals surface area (Å²) in [7, 11) is 1.65. The van der Waals surface area contributed by atoms with Crippen LogP contribution in [0, 0.1) is 0 Å². The molecule has 1 aromatic carbocycles. The van der Waals surface area contributed by atoms with Crippen molar-refractivity contribution in [2.45, 2.75) is 25.4 Å². The molecule has 110 valence electrons. The predicted octanol–water partition coefficient (Wildman–Crippen LogP) is 0.905. The van der Waals surface area contributed by atoms with Crippen LogP contribution in [0.2, 0.25) is 0 Å². The highest BCUT2D eigenvalue weighted by Crippen LogP contribution is 2.30. The quantitative estimate of drug-likeness (QED) is 0.858. The van der Waals surface area contributed by atoms with E-state index in [1.165, 1.54) is 0 Å². The first-order chi connectivity index (χ1) is 9.69. The number of hydrogen-bond donors (Lipinski definition) is 2. The number of methoxy groups -OCH3 is 1. The van der Waals surface area contributed by atoms with Crippen LogP contribution in [-0.2, 0) is 4.79 Å². The van der Waals surface area contributed by atoms with Crippen molar-refractivity contribution in [3.8, 4) is 5.75 Å². The van der Waals surface area contributed by atoms with Gasteiger partial charge in [0.25, 0.3) is 0 Å². The molecule has 1 amide bonds. The monoisotopic (exact) mass is 277 g/mol. The highest BCUT2D eigenvalue weighted by atomic mass is 16.5. The van der Waals surface area contributed by atoms with Crippen LogP contribution >= 0.6 is 0 Å². The van der Waals surface area contributed by atoms with Gasteiger partial charge in [-0.3, -0.25) is 4.79 Å². The molecule has 1 unspecified atom stereocenters. The van der Waals surface area contributed by atoms with Crippen LogP contribution in [0.15, 0.2) is 24.3 Å². The maximum atomic E-state index is 12.4. The molecule has 1 aromatic rings. The number of nitrogens with zero attached hydrogens (tertiary/aromatic N) is 1. The molecule has 1 aliphatic heterocycles. The van der Waals surface area contributed by atoms with E-state index in [0.717, 1.165) is 24.4 Å². The fourth-order valence-electron chi connectivity index (χ4n) is 2.58. The Morgan fingerprint density at radius 2 is 2.30 bits per heavy atom. The van der Waals surface area contributed by atoms with Crippen molar-refractivity contribution in [1.29, 1.82) is 0 Å². The summed E-state index contributed by atoms with van der Waals surface area (Å²) in [4.78, 5) is 14.3. The van der Waals surface area contributed by atoms with Crippen molar-refractivity contribution < 1.29 is 9.53 Å². The average Bonchev–Trinajstić information content (AvgIpc) is 2.53. The van der Waals surface area contributed by atoms with Gasteiger partial charge in [-0.1, -0.05) is 25.1 Å². The molecule has 0 aromatic heterocycles. The van der Waals surface area contributed by atoms with Crippen LogP contribution in [0.3, 0.4) is 0 Å². The Morgan fingerprint density at radius 1 is 1.55 bits per heavy atom. The molecule has 0 saturated carbocycles. The third-order valence-electron chi connectivity index (χ3n) is 3.78. The SMILES string of the molecule is CC[C@H](N)C(=O)N1CCNCC1c1ccccc1OC. The molecule has 0 radical (unpaired) electrons. The largest absolute Gasteiger partial charge is 0.496 e. The number of ether oxygens (including phenoxy) is 1. The first kappa shape index (κ1) is 14.8. The molecule has 0 aliphatic carbocycles. The zero-order valence-corrected chi connectivity index (χ0v) is 12.1. The number of amides is 1. The van der Waals surface area contributed by atoms with Gasteiger partial charge in [-0.2, -0.15) is 0 Å². The predicted molar refractivity (Wildman–Crippen MR) is 78.6 cm³/mol. The van der Waals surface area contributed by atoms with Gasteiger partial charge in [-0.25, -0.2) is 0 Å². The van der Waals surface area contributed by atoms with E-state index in [2.05, 4.69) is 5.32 Å². The summed E-state index contributed by atoms with van der Waals surface area (Å²) in [5, 5.41) is 3.34. The van der Waals surface area contributed by atoms with Gasteiger partial charge in [-0.15, -0.1) is 0 Å². The Bertz CT molecular complexity index is 464. The summed E-state index contributed by atoms with van der Waals surface area (Å²) >= 11 is 0. The van der Waals surface area contributed by atoms with Gasteiger partial charge in [0.1, 0.15) is 5.75 Å². The first-order valence-electron chi connectivity index (χ1n) is 7.08. The minimum atomic E-state index is -0.426. The number of hydrogen-bond acceptors (Lipinski definition) is 4. The molecule has 3 N–H and O–H groups in total. The van der Waals surface area contributed by atoms with E-state index in [-0.39, 0.29) is 11.9 Å². The summed E-state index contributed by atoms with van der Waals surface area (Å²) in [6.07, 6.45) is 0.654. The first-order valence-corrected chi connectivity index (χ1v) is 7.08. The number of piperazine rings is 1. The van der Waals surface area contributed by atoms with E-state index in [0.29, 0.717) is 13.0 Å². The molecule has 0 bridgehead atoms. The molecule has 20 heavy (non-hydrogen) atoms. The molecule has 0 spiro atoms. The van der Waals surface area contributed by atoms with Crippen molar-refractivity contribution in [2.75, 3.05) is 26.7 Å². The van der Waals surface area contributed by atoms with Crippen molar-refractivity contribution >= 4 is 5.91 Å². The average molecular weight is 277 g/mol. The highest BCUT2D eigenvalue weighted by molar-refractivity contribution is 5.82. The van der Waals surface area contributed by atoms with E-state index < -0.39 is 6.04 Å². The molecule has 2 rings (SSSR count). The lowest BCUT2D eigenvalue weighted by molar-refractivity contribution is -0.136. The van der Waals surface area contributed by atoms with Gasteiger partial charge >= 0.3 is 0 Å². The summed E-state index contributed by atoms with van der Waals surface area (Å²) in [5.41, 5.74) is 6.94. The van der Waals surface area contributed by atoms with Crippen molar-refractivity contribution in [2.24, 2.45) is 5.73 Å². The normalized spacial score (nSPS) is 20.6. The Kier molecular flexibility index (Phi) is 4.98. The maximum Gasteiger partial charge on any atom is 0.240 e. The second-order valence-corrected chi connectivity index (χ2v) is 5.01. The van der Waals surface area contributed by atoms with Crippen molar-refractivity contribution in [1.82, 2.24) is 10.2 Å². The zero-order valence-electron chi connectivity index (χ0n) is 12.1. The Labute approximate surface area is 120 Å². The molecular formula is C15H23N3O2. The van der Waals surface area contributed by atoms with Crippen LogP contribution in [-0.4, -0.2) is 43.6 Å². The Balaban J connectivity index is 2.29. The van der Waals surface area contributed by atoms with E-state index in [1.807, 2.05) is 36.1 Å². The van der Waals surface area contributed by atoms with E-state index in [9.17, 15) is 4.79 Å². The third-order valence-corrected chi connectivity index (χ3v) is 3.78. The summed E-state index contributed by atoms with van der Waals surface area (Å²) in [6, 6.07) is 7.38. The van der Waals surface area contributed by atoms with Gasteiger partial charge < -0.3 is 20.7 Å². The summed E-state index contributed by atoms with van der Waals surface area (Å²) < 4.78 is 5.42. The highest BCUT2D eigenvalue weighted by Gasteiger charge is 2.31. The minimum absolute atomic E-state index is 0.0184. The maximum absolute atomic E-state index is 12.4.